The molecule has 0 unspecified atom stereocenters. The monoisotopic (exact) mass is 460 g/mol. The van der Waals surface area contributed by atoms with Crippen molar-refractivity contribution in [3.63, 3.8) is 0 Å². The van der Waals surface area contributed by atoms with Crippen LogP contribution in [0.4, 0.5) is 0 Å². The topological polar surface area (TPSA) is 20.2 Å². The molecule has 1 nitrogen and oxygen atoms in total. The third-order valence-corrected chi connectivity index (χ3v) is 5.81. The summed E-state index contributed by atoms with van der Waals surface area (Å²) in [5.41, 5.74) is 10.3. The van der Waals surface area contributed by atoms with Gasteiger partial charge < -0.3 is 5.11 Å². The molecule has 0 saturated carbocycles. The predicted octanol–water partition coefficient (Wildman–Crippen LogP) is 7.35. The Hall–Kier alpha value is -1.35. The second-order valence-electron chi connectivity index (χ2n) is 7.21. The molecule has 4 rings (SSSR count). The van der Waals surface area contributed by atoms with Gasteiger partial charge in [0, 0.05) is 21.7 Å². The van der Waals surface area contributed by atoms with Gasteiger partial charge in [-0.2, -0.15) is 0 Å². The molecular formula is C25H26Cl2OTi. The average molecular weight is 461 g/mol. The van der Waals surface area contributed by atoms with E-state index >= 15 is 0 Å². The molecule has 0 saturated heterocycles. The smallest absolute Gasteiger partial charge is 0.0687 e. The largest absolute Gasteiger partial charge is 0.392 e. The van der Waals surface area contributed by atoms with Crippen LogP contribution in [0, 0.1) is 0 Å². The number of benzene rings is 3. The summed E-state index contributed by atoms with van der Waals surface area (Å²) in [6, 6.07) is 21.2. The van der Waals surface area contributed by atoms with E-state index < -0.39 is 0 Å². The van der Waals surface area contributed by atoms with Crippen molar-refractivity contribution < 1.29 is 26.8 Å². The molecule has 3 aromatic carbocycles. The molecule has 1 N–H and O–H groups in total. The Morgan fingerprint density at radius 1 is 0.759 bits per heavy atom. The van der Waals surface area contributed by atoms with Crippen molar-refractivity contribution in [3.8, 4) is 11.1 Å². The van der Waals surface area contributed by atoms with Crippen molar-refractivity contribution in [2.75, 3.05) is 0 Å². The number of hydrogen-bond donors (Lipinski definition) is 1. The Morgan fingerprint density at radius 2 is 1.41 bits per heavy atom. The van der Waals surface area contributed by atoms with E-state index in [9.17, 15) is 5.11 Å². The molecule has 4 heteroatoms. The number of aliphatic hydroxyl groups excluding tert-OH is 1. The fourth-order valence-electron chi connectivity index (χ4n) is 4.09. The van der Waals surface area contributed by atoms with Crippen LogP contribution in [0.15, 0.2) is 77.4 Å². The van der Waals surface area contributed by atoms with Gasteiger partial charge in [0.2, 0.25) is 0 Å². The Labute approximate surface area is 200 Å². The predicted molar refractivity (Wildman–Crippen MR) is 125 cm³/mol. The van der Waals surface area contributed by atoms with Crippen molar-refractivity contribution in [1.82, 2.24) is 0 Å². The van der Waals surface area contributed by atoms with Crippen LogP contribution in [0.25, 0.3) is 27.5 Å². The fourth-order valence-corrected chi connectivity index (χ4v) is 4.09. The molecule has 0 fully saturated rings. The summed E-state index contributed by atoms with van der Waals surface area (Å²) in [7, 11) is 0. The summed E-state index contributed by atoms with van der Waals surface area (Å²) in [5.74, 6) is 0. The van der Waals surface area contributed by atoms with Gasteiger partial charge in [-0.15, -0.1) is 24.8 Å². The SMILES string of the molecule is CC1=C(C)C(C)=C(c2ccc3ccccc3c2-c2ccccc2CO)C1.Cl.Cl.[Ti]. The summed E-state index contributed by atoms with van der Waals surface area (Å²) in [4.78, 5) is 0. The van der Waals surface area contributed by atoms with Crippen LogP contribution in [0.1, 0.15) is 38.3 Å². The van der Waals surface area contributed by atoms with Crippen LogP contribution in [-0.4, -0.2) is 5.11 Å². The Balaban J connectivity index is 0.00000140. The molecule has 1 aliphatic rings. The van der Waals surface area contributed by atoms with Crippen LogP contribution in [0.3, 0.4) is 0 Å². The van der Waals surface area contributed by atoms with Crippen LogP contribution in [0.5, 0.6) is 0 Å². The molecule has 0 radical (unpaired) electrons. The molecular weight excluding hydrogens is 435 g/mol. The van der Waals surface area contributed by atoms with E-state index in [1.165, 1.54) is 44.2 Å². The quantitative estimate of drug-likeness (QED) is 0.405. The standard InChI is InChI=1S/C25H24O.2ClH.Ti/c1-16-14-24(18(3)17(16)2)23-13-12-19-8-4-6-10-21(19)25(23)22-11-7-5-9-20(22)15-26;;;/h4-13,26H,14-15H2,1-3H3;2*1H;. The minimum Gasteiger partial charge on any atom is -0.392 e. The third-order valence-electron chi connectivity index (χ3n) is 5.81. The normalized spacial score (nSPS) is 13.1. The Bertz CT molecular complexity index is 1080. The van der Waals surface area contributed by atoms with Gasteiger partial charge in [-0.1, -0.05) is 66.2 Å². The summed E-state index contributed by atoms with van der Waals surface area (Å²) < 4.78 is 0. The van der Waals surface area contributed by atoms with Gasteiger partial charge in [0.15, 0.2) is 0 Å². The van der Waals surface area contributed by atoms with Crippen molar-refractivity contribution in [3.05, 3.63) is 88.5 Å². The van der Waals surface area contributed by atoms with E-state index in [0.29, 0.717) is 0 Å². The van der Waals surface area contributed by atoms with E-state index in [2.05, 4.69) is 69.3 Å². The molecule has 0 atom stereocenters. The third kappa shape index (κ3) is 4.55. The molecule has 3 aromatic rings. The first kappa shape index (κ1) is 25.7. The van der Waals surface area contributed by atoms with Crippen molar-refractivity contribution in [2.24, 2.45) is 0 Å². The number of aliphatic hydroxyl groups is 1. The summed E-state index contributed by atoms with van der Waals surface area (Å²) >= 11 is 0. The zero-order valence-electron chi connectivity index (χ0n) is 17.0. The van der Waals surface area contributed by atoms with Gasteiger partial charge in [0.25, 0.3) is 0 Å². The summed E-state index contributed by atoms with van der Waals surface area (Å²) in [6.07, 6.45) is 1.00. The van der Waals surface area contributed by atoms with Crippen molar-refractivity contribution >= 4 is 41.2 Å². The maximum absolute atomic E-state index is 9.92. The minimum absolute atomic E-state index is 0. The van der Waals surface area contributed by atoms with Gasteiger partial charge in [0.1, 0.15) is 0 Å². The fraction of sp³-hybridized carbons (Fsp3) is 0.200. The number of halogens is 2. The van der Waals surface area contributed by atoms with E-state index in [1.807, 2.05) is 12.1 Å². The molecule has 0 spiro atoms. The minimum atomic E-state index is 0. The van der Waals surface area contributed by atoms with E-state index in [-0.39, 0.29) is 53.1 Å². The first-order valence-electron chi connectivity index (χ1n) is 9.19. The number of fused-ring (bicyclic) bond motifs is 1. The zero-order valence-corrected chi connectivity index (χ0v) is 20.1. The number of rotatable bonds is 3. The molecule has 0 amide bonds. The van der Waals surface area contributed by atoms with Crippen LogP contribution < -0.4 is 0 Å². The van der Waals surface area contributed by atoms with Crippen LogP contribution in [0.2, 0.25) is 0 Å². The molecule has 150 valence electrons. The van der Waals surface area contributed by atoms with Crippen molar-refractivity contribution in [2.45, 2.75) is 33.8 Å². The molecule has 0 bridgehead atoms. The summed E-state index contributed by atoms with van der Waals surface area (Å²) in [6.45, 7) is 6.74. The van der Waals surface area contributed by atoms with E-state index in [1.54, 1.807) is 0 Å². The second kappa shape index (κ2) is 10.6. The van der Waals surface area contributed by atoms with Gasteiger partial charge in [-0.3, -0.25) is 0 Å². The van der Waals surface area contributed by atoms with Gasteiger partial charge in [-0.05, 0) is 76.9 Å². The van der Waals surface area contributed by atoms with E-state index in [0.717, 1.165) is 17.5 Å². The van der Waals surface area contributed by atoms with Crippen LogP contribution >= 0.6 is 24.8 Å². The molecule has 0 heterocycles. The maximum Gasteiger partial charge on any atom is 0.0687 e. The van der Waals surface area contributed by atoms with E-state index in [4.69, 9.17) is 0 Å². The van der Waals surface area contributed by atoms with Crippen molar-refractivity contribution in [1.29, 1.82) is 0 Å². The Kier molecular flexibility index (Phi) is 9.40. The first-order valence-corrected chi connectivity index (χ1v) is 9.19. The van der Waals surface area contributed by atoms with Crippen LogP contribution in [-0.2, 0) is 28.3 Å². The second-order valence-corrected chi connectivity index (χ2v) is 7.21. The van der Waals surface area contributed by atoms with Gasteiger partial charge >= 0.3 is 0 Å². The number of hydrogen-bond acceptors (Lipinski definition) is 1. The maximum atomic E-state index is 9.92. The van der Waals surface area contributed by atoms with Gasteiger partial charge in [0.05, 0.1) is 6.61 Å². The molecule has 0 aromatic heterocycles. The zero-order chi connectivity index (χ0) is 18.3. The first-order chi connectivity index (χ1) is 12.6. The Morgan fingerprint density at radius 3 is 2.07 bits per heavy atom. The molecule has 1 aliphatic carbocycles. The average Bonchev–Trinajstić information content (AvgIpc) is 2.94. The summed E-state index contributed by atoms with van der Waals surface area (Å²) in [5, 5.41) is 12.4. The van der Waals surface area contributed by atoms with Gasteiger partial charge in [-0.25, -0.2) is 0 Å². The molecule has 29 heavy (non-hydrogen) atoms. The number of allylic oxidation sites excluding steroid dienone is 4. The molecule has 0 aliphatic heterocycles.